The van der Waals surface area contributed by atoms with E-state index in [4.69, 9.17) is 5.73 Å². The Balaban J connectivity index is 1.88. The van der Waals surface area contributed by atoms with E-state index in [2.05, 4.69) is 18.7 Å². The molecule has 21 heavy (non-hydrogen) atoms. The summed E-state index contributed by atoms with van der Waals surface area (Å²) in [5, 5.41) is 0. The first-order valence-electron chi connectivity index (χ1n) is 7.52. The van der Waals surface area contributed by atoms with Gasteiger partial charge in [0.1, 0.15) is 5.82 Å². The van der Waals surface area contributed by atoms with Crippen molar-refractivity contribution < 1.29 is 9.18 Å². The number of benzene rings is 1. The molecule has 2 N–H and O–H groups in total. The molecule has 0 aliphatic carbocycles. The summed E-state index contributed by atoms with van der Waals surface area (Å²) in [6, 6.07) is 6.08. The van der Waals surface area contributed by atoms with E-state index >= 15 is 0 Å². The average Bonchev–Trinajstić information content (AvgIpc) is 2.47. The van der Waals surface area contributed by atoms with E-state index in [0.717, 1.165) is 25.2 Å². The van der Waals surface area contributed by atoms with Gasteiger partial charge in [-0.1, -0.05) is 13.8 Å². The molecular weight excluding hydrogens is 269 g/mol. The number of anilines is 1. The zero-order valence-corrected chi connectivity index (χ0v) is 12.8. The zero-order valence-electron chi connectivity index (χ0n) is 12.8. The van der Waals surface area contributed by atoms with Crippen molar-refractivity contribution in [2.45, 2.75) is 26.3 Å². The maximum absolute atomic E-state index is 12.9. The molecule has 1 unspecified atom stereocenters. The highest BCUT2D eigenvalue weighted by Gasteiger charge is 2.25. The Morgan fingerprint density at radius 1 is 1.19 bits per heavy atom. The van der Waals surface area contributed by atoms with Crippen molar-refractivity contribution in [3.8, 4) is 0 Å². The van der Waals surface area contributed by atoms with E-state index < -0.39 is 6.04 Å². The van der Waals surface area contributed by atoms with Gasteiger partial charge in [0, 0.05) is 31.9 Å². The van der Waals surface area contributed by atoms with Gasteiger partial charge in [-0.15, -0.1) is 0 Å². The summed E-state index contributed by atoms with van der Waals surface area (Å²) in [6.07, 6.45) is 0.719. The van der Waals surface area contributed by atoms with Crippen LogP contribution in [0.4, 0.5) is 10.1 Å². The lowest BCUT2D eigenvalue weighted by Crippen LogP contribution is -2.53. The second-order valence-electron chi connectivity index (χ2n) is 6.02. The highest BCUT2D eigenvalue weighted by atomic mass is 19.1. The summed E-state index contributed by atoms with van der Waals surface area (Å²) >= 11 is 0. The first kappa shape index (κ1) is 15.8. The van der Waals surface area contributed by atoms with Crippen LogP contribution in [0.3, 0.4) is 0 Å². The van der Waals surface area contributed by atoms with Gasteiger partial charge in [0.2, 0.25) is 5.91 Å². The van der Waals surface area contributed by atoms with Crippen molar-refractivity contribution in [1.82, 2.24) is 4.90 Å². The minimum absolute atomic E-state index is 0.0439. The molecule has 0 aromatic heterocycles. The Morgan fingerprint density at radius 3 is 2.29 bits per heavy atom. The third-order valence-electron chi connectivity index (χ3n) is 3.83. The highest BCUT2D eigenvalue weighted by molar-refractivity contribution is 5.82. The predicted molar refractivity (Wildman–Crippen MR) is 82.6 cm³/mol. The summed E-state index contributed by atoms with van der Waals surface area (Å²) in [5.74, 6) is 0.235. The highest BCUT2D eigenvalue weighted by Crippen LogP contribution is 2.17. The largest absolute Gasteiger partial charge is 0.368 e. The minimum Gasteiger partial charge on any atom is -0.368 e. The van der Waals surface area contributed by atoms with Crippen LogP contribution in [0.25, 0.3) is 0 Å². The SMILES string of the molecule is CC(C)CC(N)C(=O)N1CCN(c2ccc(F)cc2)CC1. The number of piperazine rings is 1. The molecule has 1 aliphatic heterocycles. The molecule has 0 spiro atoms. The van der Waals surface area contributed by atoms with Gasteiger partial charge < -0.3 is 15.5 Å². The molecule has 1 atom stereocenters. The first-order chi connectivity index (χ1) is 9.97. The number of hydrogen-bond donors (Lipinski definition) is 1. The van der Waals surface area contributed by atoms with Gasteiger partial charge in [-0.25, -0.2) is 4.39 Å². The molecule has 1 aromatic rings. The molecule has 4 nitrogen and oxygen atoms in total. The van der Waals surface area contributed by atoms with Crippen LogP contribution in [0.2, 0.25) is 0 Å². The molecule has 1 aliphatic rings. The summed E-state index contributed by atoms with van der Waals surface area (Å²) in [7, 11) is 0. The Labute approximate surface area is 125 Å². The molecule has 1 amide bonds. The molecule has 0 bridgehead atoms. The number of halogens is 1. The Kier molecular flexibility index (Phi) is 5.17. The number of nitrogens with zero attached hydrogens (tertiary/aromatic N) is 2. The topological polar surface area (TPSA) is 49.6 Å². The quantitative estimate of drug-likeness (QED) is 0.921. The van der Waals surface area contributed by atoms with Crippen LogP contribution in [0.15, 0.2) is 24.3 Å². The third kappa shape index (κ3) is 4.17. The predicted octanol–water partition coefficient (Wildman–Crippen LogP) is 1.85. The average molecular weight is 293 g/mol. The molecule has 0 radical (unpaired) electrons. The molecule has 2 rings (SSSR count). The van der Waals surface area contributed by atoms with Crippen LogP contribution in [-0.2, 0) is 4.79 Å². The maximum atomic E-state index is 12.9. The molecule has 116 valence electrons. The van der Waals surface area contributed by atoms with Crippen LogP contribution in [0.1, 0.15) is 20.3 Å². The Morgan fingerprint density at radius 2 is 1.76 bits per heavy atom. The molecule has 1 fully saturated rings. The van der Waals surface area contributed by atoms with Gasteiger partial charge in [-0.2, -0.15) is 0 Å². The number of nitrogens with two attached hydrogens (primary N) is 1. The fourth-order valence-electron chi connectivity index (χ4n) is 2.68. The van der Waals surface area contributed by atoms with Gasteiger partial charge >= 0.3 is 0 Å². The van der Waals surface area contributed by atoms with E-state index in [-0.39, 0.29) is 11.7 Å². The number of carbonyl (C=O) groups is 1. The van der Waals surface area contributed by atoms with Crippen molar-refractivity contribution in [2.75, 3.05) is 31.1 Å². The van der Waals surface area contributed by atoms with Gasteiger partial charge in [-0.3, -0.25) is 4.79 Å². The first-order valence-corrected chi connectivity index (χ1v) is 7.52. The lowest BCUT2D eigenvalue weighted by molar-refractivity contribution is -0.133. The lowest BCUT2D eigenvalue weighted by Gasteiger charge is -2.37. The molecule has 1 saturated heterocycles. The van der Waals surface area contributed by atoms with E-state index in [1.165, 1.54) is 12.1 Å². The summed E-state index contributed by atoms with van der Waals surface area (Å²) < 4.78 is 12.9. The van der Waals surface area contributed by atoms with E-state index in [1.54, 1.807) is 12.1 Å². The zero-order chi connectivity index (χ0) is 15.4. The molecule has 0 saturated carbocycles. The minimum atomic E-state index is -0.401. The smallest absolute Gasteiger partial charge is 0.239 e. The van der Waals surface area contributed by atoms with Gasteiger partial charge in [0.25, 0.3) is 0 Å². The van der Waals surface area contributed by atoms with Crippen LogP contribution in [-0.4, -0.2) is 43.0 Å². The third-order valence-corrected chi connectivity index (χ3v) is 3.83. The van der Waals surface area contributed by atoms with Crippen molar-refractivity contribution in [3.05, 3.63) is 30.1 Å². The Hall–Kier alpha value is -1.62. The van der Waals surface area contributed by atoms with Gasteiger partial charge in [-0.05, 0) is 36.6 Å². The number of hydrogen-bond acceptors (Lipinski definition) is 3. The van der Waals surface area contributed by atoms with Crippen LogP contribution >= 0.6 is 0 Å². The van der Waals surface area contributed by atoms with Crippen molar-refractivity contribution in [1.29, 1.82) is 0 Å². The van der Waals surface area contributed by atoms with Crippen LogP contribution in [0.5, 0.6) is 0 Å². The van der Waals surface area contributed by atoms with Crippen molar-refractivity contribution in [2.24, 2.45) is 11.7 Å². The molecular formula is C16H24FN3O. The van der Waals surface area contributed by atoms with E-state index in [9.17, 15) is 9.18 Å². The second kappa shape index (κ2) is 6.89. The maximum Gasteiger partial charge on any atom is 0.239 e. The van der Waals surface area contributed by atoms with Crippen LogP contribution in [0, 0.1) is 11.7 Å². The van der Waals surface area contributed by atoms with E-state index in [0.29, 0.717) is 19.0 Å². The van der Waals surface area contributed by atoms with Gasteiger partial charge in [0.15, 0.2) is 0 Å². The lowest BCUT2D eigenvalue weighted by atomic mass is 10.0. The number of rotatable bonds is 4. The fourth-order valence-corrected chi connectivity index (χ4v) is 2.68. The Bertz CT molecular complexity index is 467. The molecule has 5 heteroatoms. The van der Waals surface area contributed by atoms with Gasteiger partial charge in [0.05, 0.1) is 6.04 Å². The van der Waals surface area contributed by atoms with E-state index in [1.807, 2.05) is 4.90 Å². The number of amides is 1. The van der Waals surface area contributed by atoms with Crippen molar-refractivity contribution >= 4 is 11.6 Å². The summed E-state index contributed by atoms with van der Waals surface area (Å²) in [6.45, 7) is 6.99. The molecule has 1 aromatic carbocycles. The normalized spacial score (nSPS) is 17.2. The number of carbonyl (C=O) groups excluding carboxylic acids is 1. The summed E-state index contributed by atoms with van der Waals surface area (Å²) in [5.41, 5.74) is 6.96. The summed E-state index contributed by atoms with van der Waals surface area (Å²) in [4.78, 5) is 16.3. The second-order valence-corrected chi connectivity index (χ2v) is 6.02. The fraction of sp³-hybridized carbons (Fsp3) is 0.562. The monoisotopic (exact) mass is 293 g/mol. The molecule has 1 heterocycles. The standard InChI is InChI=1S/C16H24FN3O/c1-12(2)11-15(18)16(21)20-9-7-19(8-10-20)14-5-3-13(17)4-6-14/h3-6,12,15H,7-11,18H2,1-2H3. The van der Waals surface area contributed by atoms with Crippen LogP contribution < -0.4 is 10.6 Å². The van der Waals surface area contributed by atoms with Crippen molar-refractivity contribution in [3.63, 3.8) is 0 Å².